The Morgan fingerprint density at radius 2 is 1.75 bits per heavy atom. The van der Waals surface area contributed by atoms with Gasteiger partial charge >= 0.3 is 0 Å². The molecule has 0 radical (unpaired) electrons. The Balaban J connectivity index is 1.94. The van der Waals surface area contributed by atoms with Gasteiger partial charge in [0.2, 0.25) is 15.9 Å². The average molecular weight is 350 g/mol. The predicted molar refractivity (Wildman–Crippen MR) is 95.9 cm³/mol. The topological polar surface area (TPSA) is 75.3 Å². The van der Waals surface area contributed by atoms with E-state index in [1.807, 2.05) is 0 Å². The zero-order valence-electron chi connectivity index (χ0n) is 14.3. The van der Waals surface area contributed by atoms with Gasteiger partial charge in [-0.15, -0.1) is 0 Å². The first-order valence-electron chi connectivity index (χ1n) is 8.48. The van der Waals surface area contributed by atoms with Gasteiger partial charge in [-0.05, 0) is 50.5 Å². The van der Waals surface area contributed by atoms with Crippen LogP contribution in [0.3, 0.4) is 0 Å². The molecule has 0 heterocycles. The molecule has 0 unspecified atom stereocenters. The summed E-state index contributed by atoms with van der Waals surface area (Å²) in [6.07, 6.45) is 8.91. The molecule has 0 aromatic heterocycles. The van der Waals surface area contributed by atoms with E-state index in [4.69, 9.17) is 0 Å². The highest BCUT2D eigenvalue weighted by Gasteiger charge is 2.15. The Hall–Kier alpha value is -1.66. The van der Waals surface area contributed by atoms with Crippen molar-refractivity contribution in [3.63, 3.8) is 0 Å². The van der Waals surface area contributed by atoms with Gasteiger partial charge < -0.3 is 5.32 Å². The minimum atomic E-state index is -3.48. The molecule has 1 amide bonds. The van der Waals surface area contributed by atoms with Crippen LogP contribution in [0.15, 0.2) is 35.2 Å². The summed E-state index contributed by atoms with van der Waals surface area (Å²) in [6, 6.07) is 6.61. The number of hydrogen-bond acceptors (Lipinski definition) is 3. The SMILES string of the molecule is CC(C)NS(=O)(=O)c1ccc(/C=C/C(=O)NC2CCCCC2)cc1. The number of carbonyl (C=O) groups excluding carboxylic acids is 1. The van der Waals surface area contributed by atoms with E-state index in [1.54, 1.807) is 44.2 Å². The maximum absolute atomic E-state index is 12.0. The molecule has 1 aromatic rings. The Bertz CT molecular complexity index is 673. The van der Waals surface area contributed by atoms with Gasteiger partial charge in [0.05, 0.1) is 4.90 Å². The third kappa shape index (κ3) is 5.76. The third-order valence-corrected chi connectivity index (χ3v) is 5.63. The first-order valence-corrected chi connectivity index (χ1v) is 9.96. The van der Waals surface area contributed by atoms with Crippen LogP contribution in [0.1, 0.15) is 51.5 Å². The highest BCUT2D eigenvalue weighted by Crippen LogP contribution is 2.17. The number of amides is 1. The number of rotatable bonds is 6. The molecular weight excluding hydrogens is 324 g/mol. The largest absolute Gasteiger partial charge is 0.350 e. The summed E-state index contributed by atoms with van der Waals surface area (Å²) < 4.78 is 26.6. The Morgan fingerprint density at radius 1 is 1.12 bits per heavy atom. The summed E-state index contributed by atoms with van der Waals surface area (Å²) >= 11 is 0. The van der Waals surface area contributed by atoms with Crippen molar-refractivity contribution in [3.05, 3.63) is 35.9 Å². The van der Waals surface area contributed by atoms with Gasteiger partial charge in [-0.2, -0.15) is 0 Å². The van der Waals surface area contributed by atoms with Crippen LogP contribution in [0.5, 0.6) is 0 Å². The Morgan fingerprint density at radius 3 is 2.33 bits per heavy atom. The number of sulfonamides is 1. The molecule has 1 saturated carbocycles. The lowest BCUT2D eigenvalue weighted by Crippen LogP contribution is -2.34. The molecule has 0 atom stereocenters. The van der Waals surface area contributed by atoms with Crippen molar-refractivity contribution in [1.82, 2.24) is 10.0 Å². The summed E-state index contributed by atoms with van der Waals surface area (Å²) in [5.41, 5.74) is 0.789. The van der Waals surface area contributed by atoms with E-state index in [1.165, 1.54) is 25.3 Å². The number of benzene rings is 1. The zero-order chi connectivity index (χ0) is 17.6. The highest BCUT2D eigenvalue weighted by atomic mass is 32.2. The summed E-state index contributed by atoms with van der Waals surface area (Å²) in [4.78, 5) is 12.2. The van der Waals surface area contributed by atoms with Crippen LogP contribution in [0.25, 0.3) is 6.08 Å². The molecule has 6 heteroatoms. The second-order valence-corrected chi connectivity index (χ2v) is 8.24. The van der Waals surface area contributed by atoms with Crippen LogP contribution < -0.4 is 10.0 Å². The molecule has 0 bridgehead atoms. The van der Waals surface area contributed by atoms with Gasteiger partial charge in [0.1, 0.15) is 0 Å². The lowest BCUT2D eigenvalue weighted by molar-refractivity contribution is -0.117. The molecule has 1 fully saturated rings. The quantitative estimate of drug-likeness (QED) is 0.775. The maximum Gasteiger partial charge on any atom is 0.244 e. The van der Waals surface area contributed by atoms with E-state index in [0.717, 1.165) is 18.4 Å². The first kappa shape index (κ1) is 18.7. The molecule has 2 rings (SSSR count). The van der Waals surface area contributed by atoms with Crippen LogP contribution in [-0.4, -0.2) is 26.4 Å². The lowest BCUT2D eigenvalue weighted by Gasteiger charge is -2.21. The molecule has 5 nitrogen and oxygen atoms in total. The number of carbonyl (C=O) groups is 1. The molecule has 1 aliphatic carbocycles. The van der Waals surface area contributed by atoms with Crippen molar-refractivity contribution in [1.29, 1.82) is 0 Å². The van der Waals surface area contributed by atoms with Crippen molar-refractivity contribution in [2.45, 2.75) is 62.9 Å². The summed E-state index contributed by atoms with van der Waals surface area (Å²) in [5, 5.41) is 3.01. The second kappa shape index (κ2) is 8.44. The Labute approximate surface area is 144 Å². The molecular formula is C18H26N2O3S. The van der Waals surface area contributed by atoms with Gasteiger partial charge in [0.25, 0.3) is 0 Å². The van der Waals surface area contributed by atoms with E-state index in [-0.39, 0.29) is 22.9 Å². The first-order chi connectivity index (χ1) is 11.4. The normalized spacial score (nSPS) is 16.6. The fourth-order valence-corrected chi connectivity index (χ4v) is 4.06. The maximum atomic E-state index is 12.0. The minimum Gasteiger partial charge on any atom is -0.350 e. The van der Waals surface area contributed by atoms with Crippen molar-refractivity contribution in [2.75, 3.05) is 0 Å². The van der Waals surface area contributed by atoms with Gasteiger partial charge in [-0.1, -0.05) is 31.4 Å². The van der Waals surface area contributed by atoms with Crippen molar-refractivity contribution in [3.8, 4) is 0 Å². The van der Waals surface area contributed by atoms with Crippen LogP contribution in [-0.2, 0) is 14.8 Å². The lowest BCUT2D eigenvalue weighted by atomic mass is 9.95. The third-order valence-electron chi connectivity index (χ3n) is 3.96. The molecule has 0 spiro atoms. The van der Waals surface area contributed by atoms with Gasteiger partial charge in [-0.3, -0.25) is 4.79 Å². The molecule has 0 aliphatic heterocycles. The Kier molecular flexibility index (Phi) is 6.57. The fourth-order valence-electron chi connectivity index (χ4n) is 2.80. The second-order valence-electron chi connectivity index (χ2n) is 6.52. The fraction of sp³-hybridized carbons (Fsp3) is 0.500. The minimum absolute atomic E-state index is 0.0972. The molecule has 0 saturated heterocycles. The average Bonchev–Trinajstić information content (AvgIpc) is 2.53. The molecule has 2 N–H and O–H groups in total. The van der Waals surface area contributed by atoms with Crippen molar-refractivity contribution < 1.29 is 13.2 Å². The van der Waals surface area contributed by atoms with E-state index < -0.39 is 10.0 Å². The standard InChI is InChI=1S/C18H26N2O3S/c1-14(2)20-24(22,23)17-11-8-15(9-12-17)10-13-18(21)19-16-6-4-3-5-7-16/h8-14,16,20H,3-7H2,1-2H3,(H,19,21)/b13-10+. The van der Waals surface area contributed by atoms with E-state index >= 15 is 0 Å². The summed E-state index contributed by atoms with van der Waals surface area (Å²) in [5.74, 6) is -0.0972. The van der Waals surface area contributed by atoms with Crippen molar-refractivity contribution in [2.24, 2.45) is 0 Å². The summed E-state index contributed by atoms with van der Waals surface area (Å²) in [7, 11) is -3.48. The van der Waals surface area contributed by atoms with E-state index in [2.05, 4.69) is 10.0 Å². The van der Waals surface area contributed by atoms with E-state index in [0.29, 0.717) is 0 Å². The summed E-state index contributed by atoms with van der Waals surface area (Å²) in [6.45, 7) is 3.55. The van der Waals surface area contributed by atoms with Crippen molar-refractivity contribution >= 4 is 22.0 Å². The van der Waals surface area contributed by atoms with Crippen LogP contribution in [0.2, 0.25) is 0 Å². The van der Waals surface area contributed by atoms with Crippen LogP contribution in [0.4, 0.5) is 0 Å². The predicted octanol–water partition coefficient (Wildman–Crippen LogP) is 2.84. The molecule has 1 aliphatic rings. The number of hydrogen-bond donors (Lipinski definition) is 2. The van der Waals surface area contributed by atoms with Gasteiger partial charge in [0, 0.05) is 18.2 Å². The number of nitrogens with one attached hydrogen (secondary N) is 2. The van der Waals surface area contributed by atoms with Gasteiger partial charge in [-0.25, -0.2) is 13.1 Å². The van der Waals surface area contributed by atoms with Gasteiger partial charge in [0.15, 0.2) is 0 Å². The zero-order valence-corrected chi connectivity index (χ0v) is 15.1. The van der Waals surface area contributed by atoms with Crippen LogP contribution in [0, 0.1) is 0 Å². The highest BCUT2D eigenvalue weighted by molar-refractivity contribution is 7.89. The monoisotopic (exact) mass is 350 g/mol. The molecule has 132 valence electrons. The molecule has 24 heavy (non-hydrogen) atoms. The smallest absolute Gasteiger partial charge is 0.244 e. The molecule has 1 aromatic carbocycles. The van der Waals surface area contributed by atoms with E-state index in [9.17, 15) is 13.2 Å². The van der Waals surface area contributed by atoms with Crippen LogP contribution >= 0.6 is 0 Å².